The van der Waals surface area contributed by atoms with Gasteiger partial charge in [-0.25, -0.2) is 0 Å². The summed E-state index contributed by atoms with van der Waals surface area (Å²) in [5.41, 5.74) is 0. The van der Waals surface area contributed by atoms with Crippen molar-refractivity contribution in [2.75, 3.05) is 13.2 Å². The molecule has 0 radical (unpaired) electrons. The van der Waals surface area contributed by atoms with Gasteiger partial charge in [-0.05, 0) is 17.9 Å². The smallest absolute Gasteiger partial charge is 0.187 e. The normalized spacial score (nSPS) is 30.2. The van der Waals surface area contributed by atoms with Gasteiger partial charge in [0.05, 0.1) is 13.2 Å². The first-order valence-corrected chi connectivity index (χ1v) is 8.16. The zero-order valence-electron chi connectivity index (χ0n) is 14.5. The van der Waals surface area contributed by atoms with Crippen molar-refractivity contribution in [2.45, 2.75) is 42.9 Å². The summed E-state index contributed by atoms with van der Waals surface area (Å²) < 4.78 is 10.7. The van der Waals surface area contributed by atoms with Gasteiger partial charge in [0.2, 0.25) is 0 Å². The first-order valence-electron chi connectivity index (χ1n) is 8.16. The topological polar surface area (TPSA) is 140 Å². The van der Waals surface area contributed by atoms with Crippen LogP contribution in [-0.4, -0.2) is 86.8 Å². The molecule has 0 aromatic rings. The van der Waals surface area contributed by atoms with Crippen LogP contribution in [0.15, 0.2) is 37.0 Å². The first kappa shape index (κ1) is 23.1. The summed E-state index contributed by atoms with van der Waals surface area (Å²) in [6.45, 7) is 2.76. The van der Waals surface area contributed by atoms with E-state index in [0.717, 1.165) is 0 Å². The Labute approximate surface area is 157 Å². The molecule has 0 spiro atoms. The monoisotopic (exact) mass is 380 g/mol. The summed E-state index contributed by atoms with van der Waals surface area (Å²) in [6, 6.07) is 0. The third-order valence-electron chi connectivity index (χ3n) is 3.55. The molecule has 1 heterocycles. The van der Waals surface area contributed by atoms with Gasteiger partial charge in [-0.3, -0.25) is 0 Å². The van der Waals surface area contributed by atoms with Crippen LogP contribution in [-0.2, 0) is 9.47 Å². The quantitative estimate of drug-likeness (QED) is 0.217. The van der Waals surface area contributed by atoms with Crippen molar-refractivity contribution in [1.82, 2.24) is 0 Å². The van der Waals surface area contributed by atoms with E-state index in [1.54, 1.807) is 0 Å². The Bertz CT molecular complexity index is 634. The molecular weight excluding hydrogens is 356 g/mol. The minimum absolute atomic E-state index is 0.147. The van der Waals surface area contributed by atoms with Crippen LogP contribution in [0.4, 0.5) is 0 Å². The van der Waals surface area contributed by atoms with Crippen molar-refractivity contribution in [3.8, 4) is 23.7 Å². The molecule has 0 bridgehead atoms. The molecule has 148 valence electrons. The maximum Gasteiger partial charge on any atom is 0.187 e. The van der Waals surface area contributed by atoms with Gasteiger partial charge in [0.1, 0.15) is 36.6 Å². The molecule has 1 aliphatic heterocycles. The highest BCUT2D eigenvalue weighted by Crippen LogP contribution is 2.23. The molecule has 0 aliphatic carbocycles. The molecule has 0 aromatic carbocycles. The van der Waals surface area contributed by atoms with Crippen molar-refractivity contribution in [1.29, 1.82) is 0 Å². The average Bonchev–Trinajstić information content (AvgIpc) is 2.67. The lowest BCUT2D eigenvalue weighted by Crippen LogP contribution is -2.60. The van der Waals surface area contributed by atoms with Crippen molar-refractivity contribution in [3.05, 3.63) is 37.0 Å². The van der Waals surface area contributed by atoms with E-state index in [0.29, 0.717) is 0 Å². The molecular formula is C19H24O8. The predicted octanol–water partition coefficient (Wildman–Crippen LogP) is -2.17. The second kappa shape index (κ2) is 12.4. The number of hydrogen-bond acceptors (Lipinski definition) is 8. The van der Waals surface area contributed by atoms with E-state index in [-0.39, 0.29) is 6.61 Å². The standard InChI is InChI=1S/C19H24O8/c1-2-3-10-14(13(22)9-7-5-4-6-8-11-20)26-19-18(25)17(24)16(23)15(12-21)27-19/h2-3,6,8,10,13-25H,1,11-12H2/b8-6+,10-3-/t13-,14+,15+,16+,17-,18+,19+/m0/s1. The van der Waals surface area contributed by atoms with E-state index in [1.807, 2.05) is 0 Å². The van der Waals surface area contributed by atoms with E-state index in [4.69, 9.17) is 14.6 Å². The summed E-state index contributed by atoms with van der Waals surface area (Å²) in [5, 5.41) is 57.6. The van der Waals surface area contributed by atoms with Crippen molar-refractivity contribution in [3.63, 3.8) is 0 Å². The summed E-state index contributed by atoms with van der Waals surface area (Å²) in [5.74, 6) is 9.84. The van der Waals surface area contributed by atoms with Gasteiger partial charge in [0.25, 0.3) is 0 Å². The molecule has 1 rings (SSSR count). The lowest BCUT2D eigenvalue weighted by atomic mass is 9.99. The van der Waals surface area contributed by atoms with Crippen molar-refractivity contribution >= 4 is 0 Å². The van der Waals surface area contributed by atoms with Crippen LogP contribution in [0.5, 0.6) is 0 Å². The van der Waals surface area contributed by atoms with Crippen LogP contribution in [0.25, 0.3) is 0 Å². The minimum Gasteiger partial charge on any atom is -0.394 e. The van der Waals surface area contributed by atoms with E-state index >= 15 is 0 Å². The van der Waals surface area contributed by atoms with E-state index in [9.17, 15) is 25.5 Å². The van der Waals surface area contributed by atoms with Crippen LogP contribution < -0.4 is 0 Å². The molecule has 1 aliphatic rings. The van der Waals surface area contributed by atoms with Crippen LogP contribution in [0, 0.1) is 23.7 Å². The highest BCUT2D eigenvalue weighted by Gasteiger charge is 2.45. The Morgan fingerprint density at radius 1 is 1.11 bits per heavy atom. The number of ether oxygens (including phenoxy) is 2. The fraction of sp³-hybridized carbons (Fsp3) is 0.474. The number of aliphatic hydroxyl groups excluding tert-OH is 6. The highest BCUT2D eigenvalue weighted by atomic mass is 16.7. The summed E-state index contributed by atoms with van der Waals surface area (Å²) in [4.78, 5) is 0. The fourth-order valence-corrected chi connectivity index (χ4v) is 2.13. The van der Waals surface area contributed by atoms with Gasteiger partial charge in [-0.15, -0.1) is 0 Å². The van der Waals surface area contributed by atoms with Crippen LogP contribution in [0.2, 0.25) is 0 Å². The van der Waals surface area contributed by atoms with Gasteiger partial charge in [-0.1, -0.05) is 42.7 Å². The third kappa shape index (κ3) is 7.27. The first-order chi connectivity index (χ1) is 13.0. The molecule has 7 atom stereocenters. The fourth-order valence-electron chi connectivity index (χ4n) is 2.13. The van der Waals surface area contributed by atoms with Crippen LogP contribution in [0.1, 0.15) is 0 Å². The maximum absolute atomic E-state index is 10.2. The molecule has 1 saturated heterocycles. The maximum atomic E-state index is 10.2. The van der Waals surface area contributed by atoms with Gasteiger partial charge in [0, 0.05) is 0 Å². The Morgan fingerprint density at radius 3 is 2.48 bits per heavy atom. The second-order valence-corrected chi connectivity index (χ2v) is 5.49. The van der Waals surface area contributed by atoms with Gasteiger partial charge in [-0.2, -0.15) is 0 Å². The number of hydrogen-bond donors (Lipinski definition) is 6. The van der Waals surface area contributed by atoms with Gasteiger partial charge in [0.15, 0.2) is 6.29 Å². The molecule has 0 unspecified atom stereocenters. The number of rotatable bonds is 7. The Morgan fingerprint density at radius 2 is 1.85 bits per heavy atom. The molecule has 8 nitrogen and oxygen atoms in total. The Kier molecular flexibility index (Phi) is 10.6. The van der Waals surface area contributed by atoms with E-state index < -0.39 is 49.5 Å². The molecule has 0 amide bonds. The molecule has 27 heavy (non-hydrogen) atoms. The number of allylic oxidation sites excluding steroid dienone is 3. The summed E-state index contributed by atoms with van der Waals surface area (Å²) in [7, 11) is 0. The van der Waals surface area contributed by atoms with Gasteiger partial charge < -0.3 is 40.1 Å². The Balaban J connectivity index is 2.88. The van der Waals surface area contributed by atoms with Crippen LogP contribution in [0.3, 0.4) is 0 Å². The van der Waals surface area contributed by atoms with E-state index in [2.05, 4.69) is 30.3 Å². The molecule has 0 saturated carbocycles. The lowest BCUT2D eigenvalue weighted by Gasteiger charge is -2.40. The number of aliphatic hydroxyl groups is 6. The van der Waals surface area contributed by atoms with Crippen molar-refractivity contribution < 1.29 is 40.1 Å². The average molecular weight is 380 g/mol. The second-order valence-electron chi connectivity index (χ2n) is 5.49. The zero-order chi connectivity index (χ0) is 20.2. The molecule has 0 aromatic heterocycles. The lowest BCUT2D eigenvalue weighted by molar-refractivity contribution is -0.310. The van der Waals surface area contributed by atoms with E-state index in [1.165, 1.54) is 30.4 Å². The summed E-state index contributed by atoms with van der Waals surface area (Å²) >= 11 is 0. The Hall–Kier alpha value is -1.98. The van der Waals surface area contributed by atoms with Crippen LogP contribution >= 0.6 is 0 Å². The SMILES string of the molecule is C=C/C=C\[C@@H](O[C@@H]1O[C@H](CO)[C@@H](O)[C@H](O)[C@H]1O)[C@@H](O)C#CC#C/C=C/CO. The third-order valence-corrected chi connectivity index (χ3v) is 3.55. The summed E-state index contributed by atoms with van der Waals surface area (Å²) in [6.07, 6.45) is -2.56. The molecule has 8 heteroatoms. The van der Waals surface area contributed by atoms with Gasteiger partial charge >= 0.3 is 0 Å². The molecule has 1 fully saturated rings. The predicted molar refractivity (Wildman–Crippen MR) is 95.8 cm³/mol. The van der Waals surface area contributed by atoms with Crippen molar-refractivity contribution in [2.24, 2.45) is 0 Å². The minimum atomic E-state index is -1.61. The highest BCUT2D eigenvalue weighted by molar-refractivity contribution is 5.32. The zero-order valence-corrected chi connectivity index (χ0v) is 14.5. The largest absolute Gasteiger partial charge is 0.394 e. The molecule has 6 N–H and O–H groups in total.